The van der Waals surface area contributed by atoms with Gasteiger partial charge in [0.1, 0.15) is 0 Å². The van der Waals surface area contributed by atoms with Crippen LogP contribution in [0.3, 0.4) is 0 Å². The van der Waals surface area contributed by atoms with Crippen LogP contribution in [0.2, 0.25) is 0 Å². The van der Waals surface area contributed by atoms with Gasteiger partial charge in [0.2, 0.25) is 0 Å². The molecule has 1 aliphatic rings. The molecule has 0 atom stereocenters. The lowest BCUT2D eigenvalue weighted by atomic mass is 10.2. The van der Waals surface area contributed by atoms with Gasteiger partial charge in [-0.15, -0.1) is 0 Å². The second-order valence-corrected chi connectivity index (χ2v) is 2.56. The van der Waals surface area contributed by atoms with Gasteiger partial charge in [0.15, 0.2) is 0 Å². The van der Waals surface area contributed by atoms with Crippen molar-refractivity contribution in [2.75, 3.05) is 0 Å². The maximum Gasteiger partial charge on any atom is 0.0842 e. The molecule has 52 valence electrons. The van der Waals surface area contributed by atoms with Crippen LogP contribution in [0, 0.1) is 0 Å². The first kappa shape index (κ1) is 7.22. The average molecular weight is 151 g/mol. The summed E-state index contributed by atoms with van der Waals surface area (Å²) < 4.78 is 0. The third-order valence-corrected chi connectivity index (χ3v) is 1.67. The Morgan fingerprint density at radius 2 is 2.10 bits per heavy atom. The van der Waals surface area contributed by atoms with Crippen LogP contribution in [-0.4, -0.2) is 4.99 Å². The van der Waals surface area contributed by atoms with Gasteiger partial charge >= 0.3 is 0 Å². The normalized spacial score (nSPS) is 17.0. The van der Waals surface area contributed by atoms with Crippen LogP contribution in [-0.2, 0) is 0 Å². The van der Waals surface area contributed by atoms with E-state index in [0.29, 0.717) is 0 Å². The molecule has 1 aliphatic heterocycles. The molecule has 0 saturated heterocycles. The van der Waals surface area contributed by atoms with Crippen LogP contribution in [0.25, 0.3) is 0 Å². The predicted molar refractivity (Wildman–Crippen MR) is 47.8 cm³/mol. The molecule has 0 saturated carbocycles. The largest absolute Gasteiger partial charge is 0.350 e. The van der Waals surface area contributed by atoms with Crippen LogP contribution in [0.1, 0.15) is 6.42 Å². The topological polar surface area (TPSA) is 12.0 Å². The Bertz CT molecular complexity index is 203. The SMILES string of the molecule is C=CC1=C(C=C)NC(=S)C1. The Hall–Kier alpha value is -0.890. The standard InChI is InChI=1S/C8H9NS/c1-3-6-5-8(10)9-7(6)4-2/h3-4H,1-2,5H2,(H,9,10). The minimum Gasteiger partial charge on any atom is -0.350 e. The van der Waals surface area contributed by atoms with E-state index < -0.39 is 0 Å². The number of hydrogen-bond donors (Lipinski definition) is 1. The van der Waals surface area contributed by atoms with Gasteiger partial charge in [-0.05, 0) is 11.6 Å². The van der Waals surface area contributed by atoms with Crippen LogP contribution in [0.15, 0.2) is 36.6 Å². The van der Waals surface area contributed by atoms with Crippen LogP contribution >= 0.6 is 12.2 Å². The summed E-state index contributed by atoms with van der Waals surface area (Å²) in [7, 11) is 0. The molecule has 0 spiro atoms. The lowest BCUT2D eigenvalue weighted by Crippen LogP contribution is -2.11. The van der Waals surface area contributed by atoms with E-state index >= 15 is 0 Å². The molecule has 0 bridgehead atoms. The monoisotopic (exact) mass is 151 g/mol. The molecule has 1 heterocycles. The third kappa shape index (κ3) is 1.16. The highest BCUT2D eigenvalue weighted by molar-refractivity contribution is 7.80. The summed E-state index contributed by atoms with van der Waals surface area (Å²) in [6.07, 6.45) is 4.37. The lowest BCUT2D eigenvalue weighted by Gasteiger charge is -1.94. The summed E-state index contributed by atoms with van der Waals surface area (Å²) in [6, 6.07) is 0. The highest BCUT2D eigenvalue weighted by Crippen LogP contribution is 2.16. The molecular weight excluding hydrogens is 142 g/mol. The molecule has 2 heteroatoms. The zero-order valence-corrected chi connectivity index (χ0v) is 6.50. The van der Waals surface area contributed by atoms with E-state index in [-0.39, 0.29) is 0 Å². The van der Waals surface area contributed by atoms with Crippen molar-refractivity contribution in [3.8, 4) is 0 Å². The molecule has 0 aromatic heterocycles. The summed E-state index contributed by atoms with van der Waals surface area (Å²) in [5, 5.41) is 3.03. The highest BCUT2D eigenvalue weighted by Gasteiger charge is 2.11. The first-order valence-corrected chi connectivity index (χ1v) is 3.46. The summed E-state index contributed by atoms with van der Waals surface area (Å²) in [5.74, 6) is 0. The van der Waals surface area contributed by atoms with E-state index in [1.54, 1.807) is 6.08 Å². The number of rotatable bonds is 2. The quantitative estimate of drug-likeness (QED) is 0.605. The second-order valence-electron chi connectivity index (χ2n) is 2.07. The molecular formula is C8H9NS. The van der Waals surface area contributed by atoms with Crippen molar-refractivity contribution in [2.24, 2.45) is 0 Å². The summed E-state index contributed by atoms with van der Waals surface area (Å²) in [5.41, 5.74) is 2.14. The maximum atomic E-state index is 4.96. The minimum atomic E-state index is 0.806. The zero-order chi connectivity index (χ0) is 7.56. The number of nitrogens with one attached hydrogen (secondary N) is 1. The van der Waals surface area contributed by atoms with Crippen molar-refractivity contribution >= 4 is 17.2 Å². The average Bonchev–Trinajstić information content (AvgIpc) is 2.30. The lowest BCUT2D eigenvalue weighted by molar-refractivity contribution is 1.24. The van der Waals surface area contributed by atoms with Crippen molar-refractivity contribution < 1.29 is 0 Å². The van der Waals surface area contributed by atoms with Gasteiger partial charge in [-0.1, -0.05) is 31.5 Å². The van der Waals surface area contributed by atoms with Crippen molar-refractivity contribution in [2.45, 2.75) is 6.42 Å². The summed E-state index contributed by atoms with van der Waals surface area (Å²) >= 11 is 4.96. The predicted octanol–water partition coefficient (Wildman–Crippen LogP) is 1.93. The van der Waals surface area contributed by atoms with Crippen molar-refractivity contribution in [3.63, 3.8) is 0 Å². The summed E-state index contributed by atoms with van der Waals surface area (Å²) in [4.78, 5) is 0.852. The van der Waals surface area contributed by atoms with E-state index in [0.717, 1.165) is 22.7 Å². The zero-order valence-electron chi connectivity index (χ0n) is 5.68. The van der Waals surface area contributed by atoms with Gasteiger partial charge in [-0.2, -0.15) is 0 Å². The molecule has 0 unspecified atom stereocenters. The number of hydrogen-bond acceptors (Lipinski definition) is 1. The van der Waals surface area contributed by atoms with Crippen molar-refractivity contribution in [3.05, 3.63) is 36.6 Å². The van der Waals surface area contributed by atoms with Gasteiger partial charge in [0, 0.05) is 12.1 Å². The van der Waals surface area contributed by atoms with E-state index in [1.807, 2.05) is 6.08 Å². The van der Waals surface area contributed by atoms with Gasteiger partial charge in [-0.25, -0.2) is 0 Å². The molecule has 0 fully saturated rings. The molecule has 0 radical (unpaired) electrons. The fourth-order valence-electron chi connectivity index (χ4n) is 0.907. The first-order chi connectivity index (χ1) is 4.77. The fourth-order valence-corrected chi connectivity index (χ4v) is 1.17. The van der Waals surface area contributed by atoms with Crippen LogP contribution in [0.4, 0.5) is 0 Å². The van der Waals surface area contributed by atoms with Crippen molar-refractivity contribution in [1.29, 1.82) is 0 Å². The number of allylic oxidation sites excluding steroid dienone is 2. The molecule has 0 amide bonds. The van der Waals surface area contributed by atoms with Gasteiger partial charge < -0.3 is 5.32 Å². The molecule has 1 nitrogen and oxygen atoms in total. The van der Waals surface area contributed by atoms with Gasteiger partial charge in [0.05, 0.1) is 4.99 Å². The Kier molecular flexibility index (Phi) is 2.02. The number of thiocarbonyl (C=S) groups is 1. The Morgan fingerprint density at radius 1 is 1.40 bits per heavy atom. The summed E-state index contributed by atoms with van der Waals surface area (Å²) in [6.45, 7) is 7.32. The van der Waals surface area contributed by atoms with Crippen LogP contribution in [0.5, 0.6) is 0 Å². The Labute approximate surface area is 66.1 Å². The molecule has 0 aromatic rings. The molecule has 1 N–H and O–H groups in total. The highest BCUT2D eigenvalue weighted by atomic mass is 32.1. The Morgan fingerprint density at radius 3 is 2.50 bits per heavy atom. The third-order valence-electron chi connectivity index (χ3n) is 1.42. The van der Waals surface area contributed by atoms with E-state index in [2.05, 4.69) is 18.5 Å². The van der Waals surface area contributed by atoms with Gasteiger partial charge in [-0.3, -0.25) is 0 Å². The first-order valence-electron chi connectivity index (χ1n) is 3.06. The molecule has 1 rings (SSSR count). The van der Waals surface area contributed by atoms with E-state index in [4.69, 9.17) is 12.2 Å². The maximum absolute atomic E-state index is 4.96. The Balaban J connectivity index is 2.90. The second kappa shape index (κ2) is 2.80. The van der Waals surface area contributed by atoms with Crippen molar-refractivity contribution in [1.82, 2.24) is 5.32 Å². The van der Waals surface area contributed by atoms with Crippen LogP contribution < -0.4 is 5.32 Å². The smallest absolute Gasteiger partial charge is 0.0842 e. The molecule has 0 aromatic carbocycles. The molecule has 0 aliphatic carbocycles. The fraction of sp³-hybridized carbons (Fsp3) is 0.125. The van der Waals surface area contributed by atoms with E-state index in [1.165, 1.54) is 0 Å². The molecule has 10 heavy (non-hydrogen) atoms. The van der Waals surface area contributed by atoms with Gasteiger partial charge in [0.25, 0.3) is 0 Å². The minimum absolute atomic E-state index is 0.806. The van der Waals surface area contributed by atoms with E-state index in [9.17, 15) is 0 Å².